The van der Waals surface area contributed by atoms with Gasteiger partial charge in [0.05, 0.1) is 17.4 Å². The predicted molar refractivity (Wildman–Crippen MR) is 82.0 cm³/mol. The lowest BCUT2D eigenvalue weighted by Crippen LogP contribution is -2.36. The van der Waals surface area contributed by atoms with Crippen LogP contribution in [0.25, 0.3) is 0 Å². The van der Waals surface area contributed by atoms with Gasteiger partial charge in [0.15, 0.2) is 21.3 Å². The van der Waals surface area contributed by atoms with Crippen molar-refractivity contribution in [3.63, 3.8) is 0 Å². The van der Waals surface area contributed by atoms with Crippen molar-refractivity contribution in [1.29, 1.82) is 0 Å². The molecule has 1 aromatic carbocycles. The minimum absolute atomic E-state index is 0.0732. The van der Waals surface area contributed by atoms with Crippen molar-refractivity contribution < 1.29 is 22.6 Å². The van der Waals surface area contributed by atoms with Gasteiger partial charge >= 0.3 is 0 Å². The number of hydrogen-bond acceptors (Lipinski definition) is 6. The first-order valence-electron chi connectivity index (χ1n) is 7.41. The molecule has 0 unspecified atom stereocenters. The van der Waals surface area contributed by atoms with Crippen molar-refractivity contribution in [2.45, 2.75) is 30.6 Å². The normalized spacial score (nSPS) is 29.6. The summed E-state index contributed by atoms with van der Waals surface area (Å²) in [5.74, 6) is 1.10. The van der Waals surface area contributed by atoms with Crippen LogP contribution in [0.2, 0.25) is 0 Å². The van der Waals surface area contributed by atoms with E-state index in [1.54, 1.807) is 13.0 Å². The fraction of sp³-hybridized carbons (Fsp3) is 0.600. The molecule has 1 aromatic rings. The van der Waals surface area contributed by atoms with Gasteiger partial charge in [-0.05, 0) is 24.6 Å². The molecule has 3 atom stereocenters. The molecule has 7 heteroatoms. The zero-order chi connectivity index (χ0) is 16.0. The van der Waals surface area contributed by atoms with Crippen LogP contribution in [0.4, 0.5) is 0 Å². The van der Waals surface area contributed by atoms with Crippen molar-refractivity contribution in [2.75, 3.05) is 25.8 Å². The number of hydrogen-bond donors (Lipinski definition) is 1. The molecule has 3 rings (SSSR count). The Bertz CT molecular complexity index is 675. The van der Waals surface area contributed by atoms with Crippen molar-refractivity contribution in [2.24, 2.45) is 5.73 Å². The Morgan fingerprint density at radius 1 is 1.32 bits per heavy atom. The van der Waals surface area contributed by atoms with Gasteiger partial charge in [-0.2, -0.15) is 0 Å². The van der Waals surface area contributed by atoms with E-state index in [4.69, 9.17) is 19.9 Å². The van der Waals surface area contributed by atoms with Gasteiger partial charge in [-0.15, -0.1) is 0 Å². The average Bonchev–Trinajstić information content (AvgIpc) is 2.90. The summed E-state index contributed by atoms with van der Waals surface area (Å²) >= 11 is 0. The third-order valence-corrected chi connectivity index (χ3v) is 6.69. The summed E-state index contributed by atoms with van der Waals surface area (Å²) in [6.45, 7) is 4.43. The van der Waals surface area contributed by atoms with Crippen LogP contribution < -0.4 is 15.2 Å². The second-order valence-corrected chi connectivity index (χ2v) is 8.12. The predicted octanol–water partition coefficient (Wildman–Crippen LogP) is 1.05. The topological polar surface area (TPSA) is 87.9 Å². The van der Waals surface area contributed by atoms with Crippen molar-refractivity contribution in [1.82, 2.24) is 0 Å². The molecule has 1 fully saturated rings. The van der Waals surface area contributed by atoms with Gasteiger partial charge in [-0.1, -0.05) is 13.0 Å². The Labute approximate surface area is 130 Å². The fourth-order valence-electron chi connectivity index (χ4n) is 3.19. The minimum atomic E-state index is -3.25. The largest absolute Gasteiger partial charge is 0.454 e. The van der Waals surface area contributed by atoms with Crippen LogP contribution >= 0.6 is 0 Å². The van der Waals surface area contributed by atoms with Gasteiger partial charge in [0.1, 0.15) is 0 Å². The van der Waals surface area contributed by atoms with E-state index < -0.39 is 20.6 Å². The van der Waals surface area contributed by atoms with Crippen LogP contribution in [-0.4, -0.2) is 45.0 Å². The minimum Gasteiger partial charge on any atom is -0.454 e. The Morgan fingerprint density at radius 3 is 2.73 bits per heavy atom. The molecule has 22 heavy (non-hydrogen) atoms. The molecule has 1 aliphatic heterocycles. The van der Waals surface area contributed by atoms with Crippen molar-refractivity contribution in [3.05, 3.63) is 23.8 Å². The second kappa shape index (κ2) is 5.40. The molecule has 0 spiro atoms. The quantitative estimate of drug-likeness (QED) is 0.840. The number of benzene rings is 1. The molecule has 0 saturated heterocycles. The molecule has 1 heterocycles. The number of rotatable bonds is 6. The molecular weight excluding hydrogens is 306 g/mol. The molecule has 0 bridgehead atoms. The maximum absolute atomic E-state index is 12.4. The third kappa shape index (κ3) is 2.37. The van der Waals surface area contributed by atoms with Crippen LogP contribution in [0.5, 0.6) is 11.5 Å². The molecule has 122 valence electrons. The molecule has 0 aromatic heterocycles. The van der Waals surface area contributed by atoms with Gasteiger partial charge in [0.25, 0.3) is 0 Å². The van der Waals surface area contributed by atoms with Gasteiger partial charge in [0, 0.05) is 18.3 Å². The lowest BCUT2D eigenvalue weighted by atomic mass is 10.1. The van der Waals surface area contributed by atoms with E-state index in [2.05, 4.69) is 0 Å². The van der Waals surface area contributed by atoms with Gasteiger partial charge in [-0.3, -0.25) is 0 Å². The van der Waals surface area contributed by atoms with Crippen LogP contribution in [0.3, 0.4) is 0 Å². The van der Waals surface area contributed by atoms with Crippen LogP contribution in [0, 0.1) is 0 Å². The Balaban J connectivity index is 1.93. The summed E-state index contributed by atoms with van der Waals surface area (Å²) in [6.07, 6.45) is 0. The van der Waals surface area contributed by atoms with Gasteiger partial charge in [0.2, 0.25) is 6.79 Å². The number of fused-ring (bicyclic) bond motifs is 1. The molecular formula is C15H21NO5S. The maximum Gasteiger partial charge on any atom is 0.231 e. The summed E-state index contributed by atoms with van der Waals surface area (Å²) in [7, 11) is -3.25. The highest BCUT2D eigenvalue weighted by Gasteiger charge is 2.68. The first-order valence-corrected chi connectivity index (χ1v) is 9.13. The molecule has 0 amide bonds. The molecule has 6 nitrogen and oxygen atoms in total. The van der Waals surface area contributed by atoms with E-state index in [1.807, 2.05) is 19.1 Å². The lowest BCUT2D eigenvalue weighted by Gasteiger charge is -2.12. The van der Waals surface area contributed by atoms with Gasteiger partial charge in [-0.25, -0.2) is 8.42 Å². The zero-order valence-corrected chi connectivity index (χ0v) is 13.6. The van der Waals surface area contributed by atoms with Gasteiger partial charge < -0.3 is 19.9 Å². The second-order valence-electron chi connectivity index (χ2n) is 5.71. The average molecular weight is 327 g/mol. The first kappa shape index (κ1) is 15.6. The maximum atomic E-state index is 12.4. The highest BCUT2D eigenvalue weighted by Crippen LogP contribution is 2.55. The summed E-state index contributed by atoms with van der Waals surface area (Å²) in [5, 5.41) is -0.614. The SMILES string of the molecule is CCOC[C@@]1(N)[C@H](S(=O)(=O)CC)[C@@H]1c1ccc2c(c1)OCO2. The smallest absolute Gasteiger partial charge is 0.231 e. The van der Waals surface area contributed by atoms with E-state index >= 15 is 0 Å². The number of nitrogens with two attached hydrogens (primary N) is 1. The van der Waals surface area contributed by atoms with Crippen molar-refractivity contribution in [3.8, 4) is 11.5 Å². The molecule has 2 N–H and O–H groups in total. The van der Waals surface area contributed by atoms with Crippen LogP contribution in [0.1, 0.15) is 25.3 Å². The molecule has 2 aliphatic rings. The van der Waals surface area contributed by atoms with Crippen molar-refractivity contribution >= 4 is 9.84 Å². The Hall–Kier alpha value is -1.31. The van der Waals surface area contributed by atoms with E-state index in [0.717, 1.165) is 5.56 Å². The van der Waals surface area contributed by atoms with E-state index in [9.17, 15) is 8.42 Å². The number of ether oxygens (including phenoxy) is 3. The Kier molecular flexibility index (Phi) is 3.82. The standard InChI is InChI=1S/C15H21NO5S/c1-3-19-8-15(16)13(14(15)22(17,18)4-2)10-5-6-11-12(7-10)21-9-20-11/h5-7,13-14H,3-4,8-9,16H2,1-2H3/t13-,14+,15-/m0/s1. The van der Waals surface area contributed by atoms with E-state index in [-0.39, 0.29) is 25.1 Å². The van der Waals surface area contributed by atoms with E-state index in [1.165, 1.54) is 0 Å². The first-order chi connectivity index (χ1) is 10.4. The highest BCUT2D eigenvalue weighted by molar-refractivity contribution is 7.92. The van der Waals surface area contributed by atoms with E-state index in [0.29, 0.717) is 18.1 Å². The lowest BCUT2D eigenvalue weighted by molar-refractivity contribution is 0.125. The summed E-state index contributed by atoms with van der Waals surface area (Å²) in [4.78, 5) is 0. The summed E-state index contributed by atoms with van der Waals surface area (Å²) < 4.78 is 40.8. The Morgan fingerprint density at radius 2 is 2.05 bits per heavy atom. The zero-order valence-electron chi connectivity index (χ0n) is 12.7. The summed E-state index contributed by atoms with van der Waals surface area (Å²) in [5.41, 5.74) is 6.36. The molecule has 1 aliphatic carbocycles. The molecule has 0 radical (unpaired) electrons. The van der Waals surface area contributed by atoms with Crippen LogP contribution in [-0.2, 0) is 14.6 Å². The molecule has 1 saturated carbocycles. The summed E-state index contributed by atoms with van der Waals surface area (Å²) in [6, 6.07) is 5.48. The van der Waals surface area contributed by atoms with Crippen LogP contribution in [0.15, 0.2) is 18.2 Å². The highest BCUT2D eigenvalue weighted by atomic mass is 32.2. The number of sulfone groups is 1. The fourth-order valence-corrected chi connectivity index (χ4v) is 5.18. The third-order valence-electron chi connectivity index (χ3n) is 4.40. The monoisotopic (exact) mass is 327 g/mol.